The SMILES string of the molecule is N/C(=N\OC(=O)/C=C/c1ccccc1)c1ccccn1. The molecule has 0 fully saturated rings. The Balaban J connectivity index is 1.94. The summed E-state index contributed by atoms with van der Waals surface area (Å²) in [5.74, 6) is -0.556. The Kier molecular flexibility index (Phi) is 4.61. The molecule has 0 aliphatic heterocycles. The Morgan fingerprint density at radius 1 is 1.15 bits per heavy atom. The first-order valence-electron chi connectivity index (χ1n) is 5.94. The van der Waals surface area contributed by atoms with Gasteiger partial charge in [0.15, 0.2) is 5.84 Å². The Bertz CT molecular complexity index is 622. The van der Waals surface area contributed by atoms with E-state index in [0.717, 1.165) is 5.56 Å². The maximum absolute atomic E-state index is 11.5. The lowest BCUT2D eigenvalue weighted by molar-refractivity contribution is -0.137. The minimum absolute atomic E-state index is 0.0482. The van der Waals surface area contributed by atoms with Gasteiger partial charge in [-0.25, -0.2) is 4.79 Å². The zero-order valence-electron chi connectivity index (χ0n) is 10.6. The lowest BCUT2D eigenvalue weighted by atomic mass is 10.2. The van der Waals surface area contributed by atoms with Gasteiger partial charge in [0.25, 0.3) is 0 Å². The van der Waals surface area contributed by atoms with Gasteiger partial charge in [0.2, 0.25) is 0 Å². The quantitative estimate of drug-likeness (QED) is 0.302. The minimum atomic E-state index is -0.604. The number of pyridine rings is 1. The van der Waals surface area contributed by atoms with E-state index < -0.39 is 5.97 Å². The highest BCUT2D eigenvalue weighted by atomic mass is 16.7. The molecule has 0 unspecified atom stereocenters. The van der Waals surface area contributed by atoms with E-state index in [1.165, 1.54) is 6.08 Å². The number of aromatic nitrogens is 1. The second-order valence-electron chi connectivity index (χ2n) is 3.85. The smallest absolute Gasteiger partial charge is 0.358 e. The minimum Gasteiger partial charge on any atom is -0.379 e. The summed E-state index contributed by atoms with van der Waals surface area (Å²) in [6.45, 7) is 0. The molecule has 0 aliphatic rings. The van der Waals surface area contributed by atoms with Crippen LogP contribution in [0.25, 0.3) is 6.08 Å². The zero-order valence-corrected chi connectivity index (χ0v) is 10.6. The molecule has 0 saturated heterocycles. The summed E-state index contributed by atoms with van der Waals surface area (Å²) < 4.78 is 0. The Labute approximate surface area is 116 Å². The van der Waals surface area contributed by atoms with E-state index in [9.17, 15) is 4.79 Å². The summed E-state index contributed by atoms with van der Waals surface area (Å²) in [5.41, 5.74) is 6.98. The third-order valence-corrected chi connectivity index (χ3v) is 2.37. The molecule has 2 rings (SSSR count). The Hall–Kier alpha value is -2.95. The highest BCUT2D eigenvalue weighted by Gasteiger charge is 2.01. The highest BCUT2D eigenvalue weighted by molar-refractivity contribution is 5.96. The molecule has 2 aromatic rings. The maximum Gasteiger partial charge on any atom is 0.358 e. The van der Waals surface area contributed by atoms with Gasteiger partial charge in [-0.05, 0) is 23.8 Å². The molecule has 20 heavy (non-hydrogen) atoms. The van der Waals surface area contributed by atoms with E-state index >= 15 is 0 Å². The lowest BCUT2D eigenvalue weighted by Gasteiger charge is -1.97. The molecule has 2 N–H and O–H groups in total. The molecule has 0 aliphatic carbocycles. The Morgan fingerprint density at radius 2 is 1.90 bits per heavy atom. The number of rotatable bonds is 4. The van der Waals surface area contributed by atoms with Crippen molar-refractivity contribution in [3.63, 3.8) is 0 Å². The first kappa shape index (κ1) is 13.5. The summed E-state index contributed by atoms with van der Waals surface area (Å²) >= 11 is 0. The molecule has 0 radical (unpaired) electrons. The molecule has 5 nitrogen and oxygen atoms in total. The van der Waals surface area contributed by atoms with E-state index in [1.807, 2.05) is 30.3 Å². The second kappa shape index (κ2) is 6.84. The Morgan fingerprint density at radius 3 is 2.60 bits per heavy atom. The van der Waals surface area contributed by atoms with Crippen molar-refractivity contribution in [3.8, 4) is 0 Å². The molecule has 1 heterocycles. The maximum atomic E-state index is 11.5. The summed E-state index contributed by atoms with van der Waals surface area (Å²) in [5, 5.41) is 3.54. The van der Waals surface area contributed by atoms with Crippen molar-refractivity contribution < 1.29 is 9.63 Å². The number of benzene rings is 1. The summed E-state index contributed by atoms with van der Waals surface area (Å²) in [6.07, 6.45) is 4.49. The first-order chi connectivity index (χ1) is 9.75. The topological polar surface area (TPSA) is 77.6 Å². The summed E-state index contributed by atoms with van der Waals surface area (Å²) in [4.78, 5) is 20.1. The monoisotopic (exact) mass is 267 g/mol. The third kappa shape index (κ3) is 4.06. The van der Waals surface area contributed by atoms with Gasteiger partial charge >= 0.3 is 5.97 Å². The third-order valence-electron chi connectivity index (χ3n) is 2.37. The average Bonchev–Trinajstić information content (AvgIpc) is 2.52. The van der Waals surface area contributed by atoms with Crippen LogP contribution in [-0.2, 0) is 9.63 Å². The fourth-order valence-electron chi connectivity index (χ4n) is 1.41. The molecule has 0 atom stereocenters. The normalized spacial score (nSPS) is 11.5. The van der Waals surface area contributed by atoms with Crippen LogP contribution in [0.5, 0.6) is 0 Å². The molecular formula is C15H13N3O2. The van der Waals surface area contributed by atoms with E-state index in [-0.39, 0.29) is 5.84 Å². The standard InChI is InChI=1S/C15H13N3O2/c16-15(13-8-4-5-11-17-13)18-20-14(19)10-9-12-6-2-1-3-7-12/h1-11H,(H2,16,18)/b10-9+. The van der Waals surface area contributed by atoms with Crippen LogP contribution in [-0.4, -0.2) is 16.8 Å². The molecule has 1 aromatic heterocycles. The predicted octanol–water partition coefficient (Wildman–Crippen LogP) is 1.96. The van der Waals surface area contributed by atoms with Crippen LogP contribution < -0.4 is 5.73 Å². The van der Waals surface area contributed by atoms with Crippen molar-refractivity contribution in [1.29, 1.82) is 0 Å². The fraction of sp³-hybridized carbons (Fsp3) is 0. The second-order valence-corrected chi connectivity index (χ2v) is 3.85. The van der Waals surface area contributed by atoms with Crippen LogP contribution in [0.4, 0.5) is 0 Å². The number of oxime groups is 1. The summed E-state index contributed by atoms with van der Waals surface area (Å²) in [7, 11) is 0. The molecule has 0 saturated carbocycles. The number of nitrogens with two attached hydrogens (primary N) is 1. The molecule has 0 spiro atoms. The van der Waals surface area contributed by atoms with Crippen molar-refractivity contribution in [2.75, 3.05) is 0 Å². The highest BCUT2D eigenvalue weighted by Crippen LogP contribution is 2.01. The number of nitrogens with zero attached hydrogens (tertiary/aromatic N) is 2. The first-order valence-corrected chi connectivity index (χ1v) is 5.94. The van der Waals surface area contributed by atoms with Gasteiger partial charge < -0.3 is 10.6 Å². The van der Waals surface area contributed by atoms with Gasteiger partial charge in [-0.15, -0.1) is 0 Å². The van der Waals surface area contributed by atoms with Crippen molar-refractivity contribution in [2.24, 2.45) is 10.9 Å². The number of hydrogen-bond donors (Lipinski definition) is 1. The molecule has 0 amide bonds. The average molecular weight is 267 g/mol. The molecule has 5 heteroatoms. The zero-order chi connectivity index (χ0) is 14.2. The number of carbonyl (C=O) groups excluding carboxylic acids is 1. The van der Waals surface area contributed by atoms with E-state index in [4.69, 9.17) is 5.73 Å². The van der Waals surface area contributed by atoms with E-state index in [0.29, 0.717) is 5.69 Å². The van der Waals surface area contributed by atoms with E-state index in [2.05, 4.69) is 15.0 Å². The van der Waals surface area contributed by atoms with Crippen LogP contribution in [0, 0.1) is 0 Å². The largest absolute Gasteiger partial charge is 0.379 e. The van der Waals surface area contributed by atoms with Crippen molar-refractivity contribution in [2.45, 2.75) is 0 Å². The number of hydrogen-bond acceptors (Lipinski definition) is 4. The van der Waals surface area contributed by atoms with Crippen LogP contribution in [0.1, 0.15) is 11.3 Å². The van der Waals surface area contributed by atoms with Gasteiger partial charge in [-0.3, -0.25) is 4.98 Å². The van der Waals surface area contributed by atoms with Crippen molar-refractivity contribution >= 4 is 17.9 Å². The van der Waals surface area contributed by atoms with Crippen molar-refractivity contribution in [1.82, 2.24) is 4.98 Å². The van der Waals surface area contributed by atoms with Crippen LogP contribution in [0.3, 0.4) is 0 Å². The molecule has 0 bridgehead atoms. The lowest BCUT2D eigenvalue weighted by Crippen LogP contribution is -2.16. The van der Waals surface area contributed by atoms with Gasteiger partial charge in [0.1, 0.15) is 5.69 Å². The van der Waals surface area contributed by atoms with Crippen LogP contribution in [0.2, 0.25) is 0 Å². The number of carbonyl (C=O) groups is 1. The van der Waals surface area contributed by atoms with E-state index in [1.54, 1.807) is 30.5 Å². The van der Waals surface area contributed by atoms with Gasteiger partial charge in [-0.2, -0.15) is 0 Å². The van der Waals surface area contributed by atoms with Crippen LogP contribution in [0.15, 0.2) is 66.0 Å². The molecule has 1 aromatic carbocycles. The molecule has 100 valence electrons. The fourth-order valence-corrected chi connectivity index (χ4v) is 1.41. The summed E-state index contributed by atoms with van der Waals surface area (Å²) in [6, 6.07) is 14.6. The van der Waals surface area contributed by atoms with Gasteiger partial charge in [-0.1, -0.05) is 41.6 Å². The van der Waals surface area contributed by atoms with Gasteiger partial charge in [0.05, 0.1) is 0 Å². The predicted molar refractivity (Wildman–Crippen MR) is 76.5 cm³/mol. The van der Waals surface area contributed by atoms with Crippen LogP contribution >= 0.6 is 0 Å². The van der Waals surface area contributed by atoms with Crippen molar-refractivity contribution in [3.05, 3.63) is 72.1 Å². The van der Waals surface area contributed by atoms with Gasteiger partial charge in [0, 0.05) is 12.3 Å². The molecular weight excluding hydrogens is 254 g/mol. The number of amidine groups is 1.